The molecule has 0 aromatic heterocycles. The van der Waals surface area contributed by atoms with Gasteiger partial charge in [0.05, 0.1) is 5.75 Å². The van der Waals surface area contributed by atoms with Gasteiger partial charge in [0.1, 0.15) is 0 Å². The molecule has 0 aromatic carbocycles. The van der Waals surface area contributed by atoms with Gasteiger partial charge in [0, 0.05) is 0 Å². The molecule has 0 aliphatic heterocycles. The van der Waals surface area contributed by atoms with E-state index in [2.05, 4.69) is 0 Å². The second-order valence-electron chi connectivity index (χ2n) is 0.925. The van der Waals surface area contributed by atoms with Crippen LogP contribution in [0.25, 0.3) is 0 Å². The molecule has 0 saturated carbocycles. The van der Waals surface area contributed by atoms with Gasteiger partial charge in [-0.05, 0) is 12.3 Å². The predicted molar refractivity (Wildman–Crippen MR) is 33.0 cm³/mol. The van der Waals surface area contributed by atoms with Crippen LogP contribution in [0.3, 0.4) is 0 Å². The van der Waals surface area contributed by atoms with Gasteiger partial charge in [-0.1, -0.05) is 6.08 Å². The summed E-state index contributed by atoms with van der Waals surface area (Å²) in [6.07, 6.45) is 3.66. The van der Waals surface area contributed by atoms with E-state index in [0.29, 0.717) is 5.75 Å². The van der Waals surface area contributed by atoms with Crippen molar-refractivity contribution in [3.63, 3.8) is 0 Å². The zero-order chi connectivity index (χ0) is 5.54. The van der Waals surface area contributed by atoms with Crippen LogP contribution in [0.4, 0.5) is 0 Å². The van der Waals surface area contributed by atoms with E-state index in [4.69, 9.17) is 0 Å². The van der Waals surface area contributed by atoms with Crippen LogP contribution in [-0.2, 0) is 4.79 Å². The molecular weight excluding hydrogens is 108 g/mol. The minimum absolute atomic E-state index is 0.449. The number of rotatable bonds is 3. The van der Waals surface area contributed by atoms with E-state index in [-0.39, 0.29) is 0 Å². The quantitative estimate of drug-likeness (QED) is 0.517. The Morgan fingerprint density at radius 1 is 1.86 bits per heavy atom. The number of allylic oxidation sites excluding steroid dienone is 1. The van der Waals surface area contributed by atoms with Crippen LogP contribution in [0, 0.1) is 0 Å². The maximum absolute atomic E-state index is 9.50. The molecule has 0 unspecified atom stereocenters. The van der Waals surface area contributed by atoms with Gasteiger partial charge in [0.15, 0.2) is 0 Å². The number of thioether (sulfide) groups is 1. The summed E-state index contributed by atoms with van der Waals surface area (Å²) in [5.41, 5.74) is 0. The summed E-state index contributed by atoms with van der Waals surface area (Å²) in [7, 11) is 0. The molecule has 0 atom stereocenters. The average Bonchev–Trinajstić information content (AvgIpc) is 1.69. The predicted octanol–water partition coefficient (Wildman–Crippen LogP) is 1.36. The first-order chi connectivity index (χ1) is 3.41. The van der Waals surface area contributed by atoms with Crippen LogP contribution in [0.15, 0.2) is 11.5 Å². The molecule has 0 amide bonds. The molecule has 1 radical (unpaired) electrons. The third-order valence-electron chi connectivity index (χ3n) is 0.375. The smallest absolute Gasteiger partial charge is 0.209 e. The van der Waals surface area contributed by atoms with Crippen molar-refractivity contribution in [1.82, 2.24) is 0 Å². The van der Waals surface area contributed by atoms with Gasteiger partial charge >= 0.3 is 0 Å². The van der Waals surface area contributed by atoms with Gasteiger partial charge in [0.2, 0.25) is 6.29 Å². The van der Waals surface area contributed by atoms with E-state index in [1.54, 1.807) is 6.29 Å². The summed E-state index contributed by atoms with van der Waals surface area (Å²) in [6.45, 7) is 1.91. The van der Waals surface area contributed by atoms with Crippen molar-refractivity contribution in [2.24, 2.45) is 0 Å². The number of carbonyl (C=O) groups excluding carboxylic acids is 1. The van der Waals surface area contributed by atoms with E-state index in [9.17, 15) is 4.79 Å². The van der Waals surface area contributed by atoms with E-state index < -0.39 is 0 Å². The maximum Gasteiger partial charge on any atom is 0.209 e. The lowest BCUT2D eigenvalue weighted by molar-refractivity contribution is 0.560. The summed E-state index contributed by atoms with van der Waals surface area (Å²) in [5, 5.41) is 1.87. The fourth-order valence-corrected chi connectivity index (χ4v) is 0.535. The van der Waals surface area contributed by atoms with Gasteiger partial charge in [-0.3, -0.25) is 4.79 Å². The highest BCUT2D eigenvalue weighted by molar-refractivity contribution is 8.02. The molecule has 0 rings (SSSR count). The van der Waals surface area contributed by atoms with Crippen molar-refractivity contribution in [2.75, 3.05) is 5.75 Å². The standard InChI is InChI=1S/C5H7OS/c1-2-4-7-5-3-6/h2,4H,5H2,1H3/b4-2-. The van der Waals surface area contributed by atoms with Crippen LogP contribution in [0.2, 0.25) is 0 Å². The van der Waals surface area contributed by atoms with E-state index in [1.807, 2.05) is 18.4 Å². The molecule has 0 bridgehead atoms. The van der Waals surface area contributed by atoms with E-state index in [1.165, 1.54) is 11.8 Å². The Kier molecular flexibility index (Phi) is 5.56. The zero-order valence-electron chi connectivity index (χ0n) is 4.18. The normalized spacial score (nSPS) is 9.86. The molecule has 0 fully saturated rings. The molecule has 0 aliphatic rings. The lowest BCUT2D eigenvalue weighted by Gasteiger charge is -1.75. The minimum atomic E-state index is 0.449. The summed E-state index contributed by atoms with van der Waals surface area (Å²) in [4.78, 5) is 9.50. The van der Waals surface area contributed by atoms with E-state index >= 15 is 0 Å². The van der Waals surface area contributed by atoms with Crippen LogP contribution in [0.1, 0.15) is 6.92 Å². The molecule has 0 heterocycles. The molecule has 39 valence electrons. The second kappa shape index (κ2) is 5.76. The Morgan fingerprint density at radius 2 is 2.57 bits per heavy atom. The Morgan fingerprint density at radius 3 is 3.00 bits per heavy atom. The van der Waals surface area contributed by atoms with Crippen LogP contribution in [0.5, 0.6) is 0 Å². The average molecular weight is 115 g/mol. The largest absolute Gasteiger partial charge is 0.290 e. The Hall–Kier alpha value is -0.240. The SMILES string of the molecule is C/C=C\SC[C]=O. The first kappa shape index (κ1) is 6.76. The first-order valence-electron chi connectivity index (χ1n) is 1.99. The first-order valence-corrected chi connectivity index (χ1v) is 3.04. The zero-order valence-corrected chi connectivity index (χ0v) is 4.99. The fourth-order valence-electron chi connectivity index (χ4n) is 0.178. The minimum Gasteiger partial charge on any atom is -0.290 e. The molecule has 0 aromatic rings. The molecule has 0 spiro atoms. The Balaban J connectivity index is 2.82. The highest BCUT2D eigenvalue weighted by Gasteiger charge is 1.74. The summed E-state index contributed by atoms with van der Waals surface area (Å²) >= 11 is 1.45. The van der Waals surface area contributed by atoms with Gasteiger partial charge in [-0.25, -0.2) is 0 Å². The third kappa shape index (κ3) is 5.76. The van der Waals surface area contributed by atoms with Crippen molar-refractivity contribution in [3.05, 3.63) is 11.5 Å². The van der Waals surface area contributed by atoms with Gasteiger partial charge in [-0.2, -0.15) is 0 Å². The van der Waals surface area contributed by atoms with Crippen molar-refractivity contribution in [1.29, 1.82) is 0 Å². The molecule has 0 aliphatic carbocycles. The molecule has 1 nitrogen and oxygen atoms in total. The monoisotopic (exact) mass is 115 g/mol. The lowest BCUT2D eigenvalue weighted by Crippen LogP contribution is -1.70. The topological polar surface area (TPSA) is 17.1 Å². The van der Waals surface area contributed by atoms with Crippen molar-refractivity contribution in [3.8, 4) is 0 Å². The van der Waals surface area contributed by atoms with Gasteiger partial charge < -0.3 is 0 Å². The molecular formula is C5H7OS. The Labute approximate surface area is 47.8 Å². The Bertz CT molecular complexity index is 68.5. The third-order valence-corrected chi connectivity index (χ3v) is 1.12. The highest BCUT2D eigenvalue weighted by Crippen LogP contribution is 1.96. The summed E-state index contributed by atoms with van der Waals surface area (Å²) in [5.74, 6) is 0.449. The van der Waals surface area contributed by atoms with Crippen LogP contribution >= 0.6 is 11.8 Å². The lowest BCUT2D eigenvalue weighted by atomic mass is 10.8. The highest BCUT2D eigenvalue weighted by atomic mass is 32.2. The van der Waals surface area contributed by atoms with E-state index in [0.717, 1.165) is 0 Å². The van der Waals surface area contributed by atoms with Crippen molar-refractivity contribution >= 4 is 18.0 Å². The van der Waals surface area contributed by atoms with Crippen molar-refractivity contribution < 1.29 is 4.79 Å². The summed E-state index contributed by atoms with van der Waals surface area (Å²) < 4.78 is 0. The van der Waals surface area contributed by atoms with Crippen LogP contribution in [-0.4, -0.2) is 12.0 Å². The molecule has 7 heavy (non-hydrogen) atoms. The summed E-state index contributed by atoms with van der Waals surface area (Å²) in [6, 6.07) is 0. The van der Waals surface area contributed by atoms with Gasteiger partial charge in [-0.15, -0.1) is 11.8 Å². The number of hydrogen-bond donors (Lipinski definition) is 0. The fraction of sp³-hybridized carbons (Fsp3) is 0.400. The second-order valence-corrected chi connectivity index (χ2v) is 1.82. The van der Waals surface area contributed by atoms with Crippen LogP contribution < -0.4 is 0 Å². The number of hydrogen-bond acceptors (Lipinski definition) is 2. The van der Waals surface area contributed by atoms with Crippen molar-refractivity contribution in [2.45, 2.75) is 6.92 Å². The van der Waals surface area contributed by atoms with Gasteiger partial charge in [0.25, 0.3) is 0 Å². The molecule has 2 heteroatoms. The maximum atomic E-state index is 9.50. The molecule has 0 N–H and O–H groups in total. The molecule has 0 saturated heterocycles.